The molecule has 7 nitrogen and oxygen atoms in total. The van der Waals surface area contributed by atoms with Crippen LogP contribution >= 0.6 is 0 Å². The molecule has 41 heavy (non-hydrogen) atoms. The van der Waals surface area contributed by atoms with Gasteiger partial charge >= 0.3 is 6.09 Å². The second-order valence-electron chi connectivity index (χ2n) is 9.76. The summed E-state index contributed by atoms with van der Waals surface area (Å²) in [6, 6.07) is 37.1. The Labute approximate surface area is 240 Å². The average molecular weight is 550 g/mol. The molecule has 0 unspecified atom stereocenters. The lowest BCUT2D eigenvalue weighted by molar-refractivity contribution is -0.141. The van der Waals surface area contributed by atoms with Gasteiger partial charge in [0.2, 0.25) is 11.8 Å². The average Bonchev–Trinajstić information content (AvgIpc) is 3.01. The number of hydrogen-bond donors (Lipinski definition) is 2. The summed E-state index contributed by atoms with van der Waals surface area (Å²) in [4.78, 5) is 41.0. The van der Waals surface area contributed by atoms with Crippen molar-refractivity contribution in [2.24, 2.45) is 5.73 Å². The molecule has 0 aliphatic carbocycles. The largest absolute Gasteiger partial charge is 0.445 e. The van der Waals surface area contributed by atoms with Gasteiger partial charge in [-0.15, -0.1) is 0 Å². The fourth-order valence-corrected chi connectivity index (χ4v) is 4.77. The Hall–Kier alpha value is -4.91. The van der Waals surface area contributed by atoms with Gasteiger partial charge < -0.3 is 20.7 Å². The van der Waals surface area contributed by atoms with Crippen LogP contribution in [0, 0.1) is 0 Å². The van der Waals surface area contributed by atoms with Crippen molar-refractivity contribution < 1.29 is 19.1 Å². The third-order valence-electron chi connectivity index (χ3n) is 6.83. The number of amides is 3. The summed E-state index contributed by atoms with van der Waals surface area (Å²) in [5, 5.41) is 2.72. The number of nitrogens with one attached hydrogen (secondary N) is 1. The minimum absolute atomic E-state index is 0.163. The summed E-state index contributed by atoms with van der Waals surface area (Å²) in [6.07, 6.45) is 0.159. The van der Waals surface area contributed by atoms with E-state index < -0.39 is 24.0 Å². The second-order valence-corrected chi connectivity index (χ2v) is 9.76. The van der Waals surface area contributed by atoms with Crippen LogP contribution in [0.1, 0.15) is 41.0 Å². The zero-order valence-corrected chi connectivity index (χ0v) is 22.9. The van der Waals surface area contributed by atoms with Crippen LogP contribution in [0.15, 0.2) is 121 Å². The van der Waals surface area contributed by atoms with Gasteiger partial charge in [-0.25, -0.2) is 4.79 Å². The Morgan fingerprint density at radius 1 is 0.707 bits per heavy atom. The van der Waals surface area contributed by atoms with Gasteiger partial charge in [-0.1, -0.05) is 121 Å². The van der Waals surface area contributed by atoms with Crippen molar-refractivity contribution in [3.8, 4) is 0 Å². The van der Waals surface area contributed by atoms with Crippen LogP contribution in [-0.4, -0.2) is 35.4 Å². The molecule has 210 valence electrons. The van der Waals surface area contributed by atoms with Crippen molar-refractivity contribution >= 4 is 17.9 Å². The number of hydrogen-bond acceptors (Lipinski definition) is 4. The number of nitrogens with two attached hydrogens (primary N) is 1. The molecule has 0 saturated heterocycles. The van der Waals surface area contributed by atoms with Crippen LogP contribution in [0.4, 0.5) is 4.79 Å². The van der Waals surface area contributed by atoms with E-state index in [1.165, 1.54) is 0 Å². The van der Waals surface area contributed by atoms with E-state index in [4.69, 9.17) is 10.5 Å². The van der Waals surface area contributed by atoms with Gasteiger partial charge in [-0.2, -0.15) is 0 Å². The highest BCUT2D eigenvalue weighted by Gasteiger charge is 2.34. The predicted molar refractivity (Wildman–Crippen MR) is 159 cm³/mol. The fourth-order valence-electron chi connectivity index (χ4n) is 4.77. The molecule has 0 bridgehead atoms. The SMILES string of the molecule is NC(=O)[C@@H](CCCNC(=O)OCc1ccccc1)N(Cc1ccccc1)C(=O)C(c1ccccc1)c1ccccc1. The summed E-state index contributed by atoms with van der Waals surface area (Å²) >= 11 is 0. The predicted octanol–water partition coefficient (Wildman–Crippen LogP) is 5.41. The topological polar surface area (TPSA) is 102 Å². The maximum atomic E-state index is 14.4. The maximum absolute atomic E-state index is 14.4. The number of benzene rings is 4. The van der Waals surface area contributed by atoms with Gasteiger partial charge in [0.1, 0.15) is 12.6 Å². The zero-order valence-electron chi connectivity index (χ0n) is 22.9. The van der Waals surface area contributed by atoms with Gasteiger partial charge in [0, 0.05) is 13.1 Å². The second kappa shape index (κ2) is 15.0. The lowest BCUT2D eigenvalue weighted by Gasteiger charge is -2.33. The molecule has 0 spiro atoms. The van der Waals surface area contributed by atoms with E-state index in [0.717, 1.165) is 22.3 Å². The Bertz CT molecular complexity index is 1340. The molecule has 0 heterocycles. The number of primary amides is 1. The molecular weight excluding hydrogens is 514 g/mol. The summed E-state index contributed by atoms with van der Waals surface area (Å²) in [5.41, 5.74) is 9.34. The van der Waals surface area contributed by atoms with Crippen molar-refractivity contribution in [3.63, 3.8) is 0 Å². The molecule has 4 aromatic carbocycles. The van der Waals surface area contributed by atoms with Crippen LogP contribution in [0.5, 0.6) is 0 Å². The molecule has 0 radical (unpaired) electrons. The molecule has 0 saturated carbocycles. The monoisotopic (exact) mass is 549 g/mol. The first-order valence-electron chi connectivity index (χ1n) is 13.7. The molecule has 0 aliphatic rings. The normalized spacial score (nSPS) is 11.4. The molecule has 0 fully saturated rings. The Balaban J connectivity index is 1.50. The molecule has 4 aromatic rings. The maximum Gasteiger partial charge on any atom is 0.407 e. The van der Waals surface area contributed by atoms with Crippen LogP contribution in [0.2, 0.25) is 0 Å². The highest BCUT2D eigenvalue weighted by molar-refractivity contribution is 5.92. The minimum atomic E-state index is -0.875. The summed E-state index contributed by atoms with van der Waals surface area (Å²) < 4.78 is 5.27. The molecule has 0 aromatic heterocycles. The van der Waals surface area contributed by atoms with Gasteiger partial charge in [-0.3, -0.25) is 9.59 Å². The van der Waals surface area contributed by atoms with Crippen molar-refractivity contribution in [2.75, 3.05) is 6.54 Å². The number of carbonyl (C=O) groups is 3. The van der Waals surface area contributed by atoms with Crippen LogP contribution in [0.3, 0.4) is 0 Å². The molecule has 4 rings (SSSR count). The van der Waals surface area contributed by atoms with Gasteiger partial charge in [-0.05, 0) is 35.1 Å². The fraction of sp³-hybridized carbons (Fsp3) is 0.206. The number of alkyl carbamates (subject to hydrolysis) is 1. The first-order valence-corrected chi connectivity index (χ1v) is 13.7. The zero-order chi connectivity index (χ0) is 28.9. The van der Waals surface area contributed by atoms with Crippen LogP contribution in [0.25, 0.3) is 0 Å². The minimum Gasteiger partial charge on any atom is -0.445 e. The van der Waals surface area contributed by atoms with Crippen LogP contribution in [-0.2, 0) is 27.5 Å². The molecule has 0 aliphatic heterocycles. The number of nitrogens with zero attached hydrogens (tertiary/aromatic N) is 1. The first-order chi connectivity index (χ1) is 20.0. The number of rotatable bonds is 13. The number of carbonyl (C=O) groups excluding carboxylic acids is 3. The van der Waals surface area contributed by atoms with Crippen molar-refractivity contribution in [1.29, 1.82) is 0 Å². The third-order valence-corrected chi connectivity index (χ3v) is 6.83. The van der Waals surface area contributed by atoms with Gasteiger partial charge in [0.05, 0.1) is 5.92 Å². The van der Waals surface area contributed by atoms with E-state index in [1.54, 1.807) is 4.90 Å². The number of ether oxygens (including phenoxy) is 1. The lowest BCUT2D eigenvalue weighted by Crippen LogP contribution is -2.49. The Morgan fingerprint density at radius 2 is 1.20 bits per heavy atom. The molecule has 7 heteroatoms. The summed E-state index contributed by atoms with van der Waals surface area (Å²) in [6.45, 7) is 0.651. The summed E-state index contributed by atoms with van der Waals surface area (Å²) in [7, 11) is 0. The molecule has 3 amide bonds. The first kappa shape index (κ1) is 29.1. The lowest BCUT2D eigenvalue weighted by atomic mass is 9.89. The molecule has 1 atom stereocenters. The smallest absolute Gasteiger partial charge is 0.407 e. The highest BCUT2D eigenvalue weighted by Crippen LogP contribution is 2.29. The molecular formula is C34H35N3O4. The standard InChI is InChI=1S/C34H35N3O4/c35-32(38)30(22-13-23-36-34(40)41-25-27-16-7-2-8-17-27)37(24-26-14-5-1-6-15-26)33(39)31(28-18-9-3-10-19-28)29-20-11-4-12-21-29/h1-12,14-21,30-31H,13,22-25H2,(H2,35,38)(H,36,40)/t30-/m1/s1. The van der Waals surface area contributed by atoms with Crippen molar-refractivity contribution in [1.82, 2.24) is 10.2 Å². The van der Waals surface area contributed by atoms with E-state index in [-0.39, 0.29) is 32.0 Å². The summed E-state index contributed by atoms with van der Waals surface area (Å²) in [5.74, 6) is -1.43. The Morgan fingerprint density at radius 3 is 1.71 bits per heavy atom. The van der Waals surface area contributed by atoms with E-state index in [9.17, 15) is 14.4 Å². The van der Waals surface area contributed by atoms with Gasteiger partial charge in [0.25, 0.3) is 0 Å². The van der Waals surface area contributed by atoms with Crippen molar-refractivity contribution in [2.45, 2.75) is 38.0 Å². The van der Waals surface area contributed by atoms with Gasteiger partial charge in [0.15, 0.2) is 0 Å². The van der Waals surface area contributed by atoms with E-state index in [2.05, 4.69) is 5.32 Å². The van der Waals surface area contributed by atoms with Crippen molar-refractivity contribution in [3.05, 3.63) is 144 Å². The third kappa shape index (κ3) is 8.54. The quantitative estimate of drug-likeness (QED) is 0.218. The molecule has 3 N–H and O–H groups in total. The van der Waals surface area contributed by atoms with E-state index in [0.29, 0.717) is 6.42 Å². The van der Waals surface area contributed by atoms with E-state index >= 15 is 0 Å². The highest BCUT2D eigenvalue weighted by atomic mass is 16.5. The Kier molecular flexibility index (Phi) is 10.7. The van der Waals surface area contributed by atoms with Crippen LogP contribution < -0.4 is 11.1 Å². The van der Waals surface area contributed by atoms with E-state index in [1.807, 2.05) is 121 Å².